The SMILES string of the molecule is Cc1cc(C(=O)N(C)[C@H](C)c2nc(C)sc2C)c2c(C)noc2n1. The monoisotopic (exact) mass is 344 g/mol. The molecule has 0 aromatic carbocycles. The molecule has 0 radical (unpaired) electrons. The summed E-state index contributed by atoms with van der Waals surface area (Å²) in [5.41, 5.74) is 3.30. The molecule has 3 aromatic heterocycles. The third-order valence-electron chi connectivity index (χ3n) is 4.21. The van der Waals surface area contributed by atoms with Crippen LogP contribution in [0.4, 0.5) is 0 Å². The molecule has 0 saturated carbocycles. The Bertz CT molecular complexity index is 928. The smallest absolute Gasteiger partial charge is 0.258 e. The second kappa shape index (κ2) is 5.98. The molecule has 0 bridgehead atoms. The van der Waals surface area contributed by atoms with Gasteiger partial charge in [0.25, 0.3) is 11.6 Å². The highest BCUT2D eigenvalue weighted by atomic mass is 32.1. The lowest BCUT2D eigenvalue weighted by molar-refractivity contribution is 0.0741. The maximum atomic E-state index is 13.1. The van der Waals surface area contributed by atoms with Crippen molar-refractivity contribution in [3.63, 3.8) is 0 Å². The van der Waals surface area contributed by atoms with Crippen LogP contribution >= 0.6 is 11.3 Å². The van der Waals surface area contributed by atoms with Crippen LogP contribution in [0.25, 0.3) is 11.1 Å². The highest BCUT2D eigenvalue weighted by Gasteiger charge is 2.26. The molecule has 1 amide bonds. The van der Waals surface area contributed by atoms with E-state index in [0.717, 1.165) is 21.3 Å². The Hall–Kier alpha value is -2.28. The topological polar surface area (TPSA) is 72.1 Å². The number of aryl methyl sites for hydroxylation is 4. The van der Waals surface area contributed by atoms with E-state index in [-0.39, 0.29) is 11.9 Å². The van der Waals surface area contributed by atoms with Gasteiger partial charge < -0.3 is 9.42 Å². The molecular formula is C17H20N4O2S. The molecule has 6 nitrogen and oxygen atoms in total. The maximum absolute atomic E-state index is 13.1. The number of thiazole rings is 1. The van der Waals surface area contributed by atoms with E-state index in [4.69, 9.17) is 4.52 Å². The zero-order chi connectivity index (χ0) is 17.6. The quantitative estimate of drug-likeness (QED) is 0.723. The molecule has 0 fully saturated rings. The van der Waals surface area contributed by atoms with Crippen molar-refractivity contribution >= 4 is 28.3 Å². The number of hydrogen-bond acceptors (Lipinski definition) is 6. The van der Waals surface area contributed by atoms with Crippen LogP contribution in [0.15, 0.2) is 10.6 Å². The van der Waals surface area contributed by atoms with E-state index in [2.05, 4.69) is 15.1 Å². The van der Waals surface area contributed by atoms with Gasteiger partial charge in [0.05, 0.1) is 33.4 Å². The molecule has 1 atom stereocenters. The average molecular weight is 344 g/mol. The summed E-state index contributed by atoms with van der Waals surface area (Å²) in [4.78, 5) is 24.8. The average Bonchev–Trinajstić information content (AvgIpc) is 3.06. The first-order valence-electron chi connectivity index (χ1n) is 7.74. The Morgan fingerprint density at radius 2 is 1.96 bits per heavy atom. The third kappa shape index (κ3) is 2.69. The number of pyridine rings is 1. The fraction of sp³-hybridized carbons (Fsp3) is 0.412. The van der Waals surface area contributed by atoms with Crippen LogP contribution < -0.4 is 0 Å². The lowest BCUT2D eigenvalue weighted by Crippen LogP contribution is -2.30. The van der Waals surface area contributed by atoms with E-state index >= 15 is 0 Å². The first-order chi connectivity index (χ1) is 11.3. The Kier molecular flexibility index (Phi) is 4.13. The van der Waals surface area contributed by atoms with Gasteiger partial charge >= 0.3 is 0 Å². The lowest BCUT2D eigenvalue weighted by Gasteiger charge is -2.24. The van der Waals surface area contributed by atoms with Crippen LogP contribution in [0.2, 0.25) is 0 Å². The first-order valence-corrected chi connectivity index (χ1v) is 8.56. The molecule has 0 spiro atoms. The number of aromatic nitrogens is 3. The van der Waals surface area contributed by atoms with Crippen molar-refractivity contribution in [1.82, 2.24) is 20.0 Å². The van der Waals surface area contributed by atoms with Gasteiger partial charge in [-0.05, 0) is 40.7 Å². The van der Waals surface area contributed by atoms with E-state index in [1.54, 1.807) is 29.4 Å². The van der Waals surface area contributed by atoms with Crippen molar-refractivity contribution in [3.8, 4) is 0 Å². The van der Waals surface area contributed by atoms with Crippen LogP contribution in [0.3, 0.4) is 0 Å². The van der Waals surface area contributed by atoms with Crippen molar-refractivity contribution in [2.45, 2.75) is 40.7 Å². The minimum absolute atomic E-state index is 0.0886. The summed E-state index contributed by atoms with van der Waals surface area (Å²) in [7, 11) is 1.80. The summed E-state index contributed by atoms with van der Waals surface area (Å²) < 4.78 is 5.23. The Labute approximate surface area is 144 Å². The molecular weight excluding hydrogens is 324 g/mol. The van der Waals surface area contributed by atoms with Crippen LogP contribution in [0, 0.1) is 27.7 Å². The molecule has 24 heavy (non-hydrogen) atoms. The number of fused-ring (bicyclic) bond motifs is 1. The van der Waals surface area contributed by atoms with E-state index in [0.29, 0.717) is 22.4 Å². The van der Waals surface area contributed by atoms with E-state index in [1.807, 2.05) is 34.6 Å². The van der Waals surface area contributed by atoms with Gasteiger partial charge in [0.15, 0.2) is 0 Å². The van der Waals surface area contributed by atoms with E-state index < -0.39 is 0 Å². The molecule has 3 rings (SSSR count). The summed E-state index contributed by atoms with van der Waals surface area (Å²) in [6.07, 6.45) is 0. The number of amides is 1. The van der Waals surface area contributed by atoms with Gasteiger partial charge in [-0.3, -0.25) is 4.79 Å². The molecule has 0 saturated heterocycles. The largest absolute Gasteiger partial charge is 0.336 e. The van der Waals surface area contributed by atoms with Crippen molar-refractivity contribution in [1.29, 1.82) is 0 Å². The molecule has 3 aromatic rings. The van der Waals surface area contributed by atoms with Gasteiger partial charge in [0.2, 0.25) is 0 Å². The minimum Gasteiger partial charge on any atom is -0.336 e. The molecule has 3 heterocycles. The molecule has 126 valence electrons. The second-order valence-corrected chi connectivity index (χ2v) is 7.43. The molecule has 7 heteroatoms. The summed E-state index contributed by atoms with van der Waals surface area (Å²) in [6, 6.07) is 1.67. The number of carbonyl (C=O) groups excluding carboxylic acids is 1. The number of rotatable bonds is 3. The van der Waals surface area contributed by atoms with Crippen molar-refractivity contribution < 1.29 is 9.32 Å². The van der Waals surface area contributed by atoms with Crippen LogP contribution in [0.5, 0.6) is 0 Å². The van der Waals surface area contributed by atoms with Crippen molar-refractivity contribution in [3.05, 3.63) is 38.6 Å². The zero-order valence-corrected chi connectivity index (χ0v) is 15.5. The van der Waals surface area contributed by atoms with Crippen LogP contribution in [0.1, 0.15) is 50.3 Å². The third-order valence-corrected chi connectivity index (χ3v) is 5.11. The molecule has 0 aliphatic heterocycles. The molecule has 0 unspecified atom stereocenters. The summed E-state index contributed by atoms with van der Waals surface area (Å²) >= 11 is 1.65. The number of nitrogens with zero attached hydrogens (tertiary/aromatic N) is 4. The molecule has 0 aliphatic carbocycles. The van der Waals surface area contributed by atoms with Gasteiger partial charge in [-0.25, -0.2) is 9.97 Å². The fourth-order valence-electron chi connectivity index (χ4n) is 2.87. The second-order valence-electron chi connectivity index (χ2n) is 6.03. The predicted octanol–water partition coefficient (Wildman–Crippen LogP) is 3.75. The summed E-state index contributed by atoms with van der Waals surface area (Å²) in [6.45, 7) is 9.66. The highest BCUT2D eigenvalue weighted by molar-refractivity contribution is 7.11. The normalized spacial score (nSPS) is 12.6. The van der Waals surface area contributed by atoms with Crippen molar-refractivity contribution in [2.75, 3.05) is 7.05 Å². The first kappa shape index (κ1) is 16.6. The minimum atomic E-state index is -0.119. The maximum Gasteiger partial charge on any atom is 0.258 e. The Morgan fingerprint density at radius 3 is 2.58 bits per heavy atom. The van der Waals surface area contributed by atoms with Crippen molar-refractivity contribution in [2.24, 2.45) is 0 Å². The zero-order valence-electron chi connectivity index (χ0n) is 14.7. The molecule has 0 aliphatic rings. The van der Waals surface area contributed by atoms with Gasteiger partial charge in [-0.1, -0.05) is 5.16 Å². The Morgan fingerprint density at radius 1 is 1.25 bits per heavy atom. The van der Waals surface area contributed by atoms with Gasteiger partial charge in [-0.2, -0.15) is 0 Å². The number of carbonyl (C=O) groups is 1. The fourth-order valence-corrected chi connectivity index (χ4v) is 3.78. The van der Waals surface area contributed by atoms with Crippen LogP contribution in [-0.2, 0) is 0 Å². The summed E-state index contributed by atoms with van der Waals surface area (Å²) in [5.74, 6) is -0.0886. The van der Waals surface area contributed by atoms with Crippen LogP contribution in [-0.4, -0.2) is 33.0 Å². The van der Waals surface area contributed by atoms with E-state index in [1.165, 1.54) is 0 Å². The summed E-state index contributed by atoms with van der Waals surface area (Å²) in [5, 5.41) is 5.62. The Balaban J connectivity index is 2.02. The lowest BCUT2D eigenvalue weighted by atomic mass is 10.1. The molecule has 0 N–H and O–H groups in total. The van der Waals surface area contributed by atoms with E-state index in [9.17, 15) is 4.79 Å². The van der Waals surface area contributed by atoms with Gasteiger partial charge in [0, 0.05) is 17.6 Å². The van der Waals surface area contributed by atoms with Gasteiger partial charge in [-0.15, -0.1) is 11.3 Å². The predicted molar refractivity (Wildman–Crippen MR) is 93.4 cm³/mol. The number of hydrogen-bond donors (Lipinski definition) is 0. The highest BCUT2D eigenvalue weighted by Crippen LogP contribution is 2.29. The van der Waals surface area contributed by atoms with Gasteiger partial charge in [0.1, 0.15) is 0 Å². The standard InChI is InChI=1S/C17H20N4O2S/c1-8-7-13(14-9(2)20-23-16(14)18-8)17(22)21(6)10(3)15-11(4)24-12(5)19-15/h7,10H,1-6H3/t10-/m1/s1.